The number of benzene rings is 9. The molecule has 11 aromatic rings. The summed E-state index contributed by atoms with van der Waals surface area (Å²) in [5.41, 5.74) is 15.2. The average Bonchev–Trinajstić information content (AvgIpc) is 3.84. The summed E-state index contributed by atoms with van der Waals surface area (Å²) in [6.45, 7) is 0. The first-order valence-electron chi connectivity index (χ1n) is 19.4. The second-order valence-electron chi connectivity index (χ2n) is 14.4. The predicted molar refractivity (Wildman–Crippen MR) is 239 cm³/mol. The minimum atomic E-state index is 0.846. The van der Waals surface area contributed by atoms with E-state index in [1.807, 2.05) is 6.07 Å². The molecule has 0 N–H and O–H groups in total. The Balaban J connectivity index is 1.30. The topological polar surface area (TPSA) is 21.3 Å². The van der Waals surface area contributed by atoms with Crippen molar-refractivity contribution in [2.75, 3.05) is 4.90 Å². The van der Waals surface area contributed by atoms with Crippen LogP contribution in [0.3, 0.4) is 0 Å². The third-order valence-electron chi connectivity index (χ3n) is 11.2. The lowest BCUT2D eigenvalue weighted by molar-refractivity contribution is 0.669. The highest BCUT2D eigenvalue weighted by Crippen LogP contribution is 2.51. The summed E-state index contributed by atoms with van der Waals surface area (Å²) in [5, 5.41) is 4.59. The summed E-state index contributed by atoms with van der Waals surface area (Å²) in [6, 6.07) is 78.2. The van der Waals surface area contributed by atoms with E-state index >= 15 is 0 Å². The molecule has 0 saturated heterocycles. The standard InChI is InChI=1S/C54H36N2O/c1-3-19-37(20-4-1)39-23-7-8-26-43(39)53-40(38-21-5-2-6-22-38)28-17-33-49(53)56(50-34-18-36-52-54(50)44-27-11-16-35-51(44)57-52)48-32-15-14-31-47(48)55-45-29-12-9-24-41(45)42-25-10-13-30-46(42)55/h1-36H. The summed E-state index contributed by atoms with van der Waals surface area (Å²) in [6.07, 6.45) is 0. The van der Waals surface area contributed by atoms with Crippen LogP contribution < -0.4 is 4.90 Å². The zero-order chi connectivity index (χ0) is 37.7. The molecule has 0 amide bonds. The van der Waals surface area contributed by atoms with E-state index in [9.17, 15) is 0 Å². The van der Waals surface area contributed by atoms with Gasteiger partial charge in [-0.1, -0.05) is 170 Å². The van der Waals surface area contributed by atoms with Crippen molar-refractivity contribution in [2.24, 2.45) is 0 Å². The Morgan fingerprint density at radius 3 is 1.56 bits per heavy atom. The molecular formula is C54H36N2O. The molecule has 11 rings (SSSR count). The maximum Gasteiger partial charge on any atom is 0.137 e. The lowest BCUT2D eigenvalue weighted by Gasteiger charge is -2.32. The molecule has 0 fully saturated rings. The number of hydrogen-bond acceptors (Lipinski definition) is 2. The quantitative estimate of drug-likeness (QED) is 0.163. The minimum absolute atomic E-state index is 0.846. The Labute approximate surface area is 330 Å². The molecule has 0 aliphatic rings. The molecule has 2 heterocycles. The fourth-order valence-corrected chi connectivity index (χ4v) is 8.79. The highest BCUT2D eigenvalue weighted by atomic mass is 16.3. The number of nitrogens with zero attached hydrogens (tertiary/aromatic N) is 2. The minimum Gasteiger partial charge on any atom is -0.456 e. The van der Waals surface area contributed by atoms with Gasteiger partial charge in [-0.25, -0.2) is 0 Å². The zero-order valence-corrected chi connectivity index (χ0v) is 31.1. The molecule has 0 saturated carbocycles. The van der Waals surface area contributed by atoms with Gasteiger partial charge in [-0.2, -0.15) is 0 Å². The lowest BCUT2D eigenvalue weighted by atomic mass is 9.87. The molecule has 3 nitrogen and oxygen atoms in total. The monoisotopic (exact) mass is 728 g/mol. The third kappa shape index (κ3) is 5.36. The molecule has 0 unspecified atom stereocenters. The van der Waals surface area contributed by atoms with Crippen molar-refractivity contribution in [3.05, 3.63) is 218 Å². The van der Waals surface area contributed by atoms with Crippen LogP contribution in [0.15, 0.2) is 223 Å². The van der Waals surface area contributed by atoms with Crippen molar-refractivity contribution in [2.45, 2.75) is 0 Å². The van der Waals surface area contributed by atoms with Gasteiger partial charge in [-0.3, -0.25) is 0 Å². The summed E-state index contributed by atoms with van der Waals surface area (Å²) in [5.74, 6) is 0. The Morgan fingerprint density at radius 2 is 0.825 bits per heavy atom. The molecule has 268 valence electrons. The van der Waals surface area contributed by atoms with Crippen LogP contribution in [0.25, 0.3) is 82.8 Å². The molecule has 3 heteroatoms. The van der Waals surface area contributed by atoms with Crippen LogP contribution in [-0.2, 0) is 0 Å². The molecule has 57 heavy (non-hydrogen) atoms. The van der Waals surface area contributed by atoms with E-state index < -0.39 is 0 Å². The average molecular weight is 729 g/mol. The van der Waals surface area contributed by atoms with E-state index in [1.54, 1.807) is 0 Å². The van der Waals surface area contributed by atoms with E-state index in [1.165, 1.54) is 21.9 Å². The highest BCUT2D eigenvalue weighted by molar-refractivity contribution is 6.15. The molecule has 0 aliphatic carbocycles. The highest BCUT2D eigenvalue weighted by Gasteiger charge is 2.27. The lowest BCUT2D eigenvalue weighted by Crippen LogP contribution is -2.15. The number of anilines is 3. The molecule has 0 radical (unpaired) electrons. The van der Waals surface area contributed by atoms with Crippen LogP contribution in [0.5, 0.6) is 0 Å². The van der Waals surface area contributed by atoms with Gasteiger partial charge in [-0.15, -0.1) is 0 Å². The van der Waals surface area contributed by atoms with Crippen molar-refractivity contribution in [1.29, 1.82) is 0 Å². The maximum atomic E-state index is 6.59. The molecule has 9 aromatic carbocycles. The van der Waals surface area contributed by atoms with Crippen molar-refractivity contribution in [1.82, 2.24) is 4.57 Å². The zero-order valence-electron chi connectivity index (χ0n) is 31.1. The first-order valence-corrected chi connectivity index (χ1v) is 19.4. The molecule has 0 spiro atoms. The van der Waals surface area contributed by atoms with E-state index in [4.69, 9.17) is 4.42 Å². The van der Waals surface area contributed by atoms with E-state index in [-0.39, 0.29) is 0 Å². The fourth-order valence-electron chi connectivity index (χ4n) is 8.79. The fraction of sp³-hybridized carbons (Fsp3) is 0. The van der Waals surface area contributed by atoms with Crippen LogP contribution in [0.1, 0.15) is 0 Å². The van der Waals surface area contributed by atoms with Gasteiger partial charge in [0.05, 0.1) is 39.2 Å². The van der Waals surface area contributed by atoms with Gasteiger partial charge in [0.25, 0.3) is 0 Å². The number of rotatable bonds is 7. The summed E-state index contributed by atoms with van der Waals surface area (Å²) in [4.78, 5) is 2.48. The van der Waals surface area contributed by atoms with Gasteiger partial charge in [0.2, 0.25) is 0 Å². The maximum absolute atomic E-state index is 6.59. The van der Waals surface area contributed by atoms with Gasteiger partial charge in [0, 0.05) is 21.7 Å². The second kappa shape index (κ2) is 13.6. The normalized spacial score (nSPS) is 11.5. The summed E-state index contributed by atoms with van der Waals surface area (Å²) < 4.78 is 9.02. The van der Waals surface area contributed by atoms with Crippen molar-refractivity contribution in [3.8, 4) is 39.1 Å². The first-order chi connectivity index (χ1) is 28.3. The Kier molecular flexibility index (Phi) is 7.82. The molecule has 0 atom stereocenters. The molecule has 0 bridgehead atoms. The van der Waals surface area contributed by atoms with E-state index in [2.05, 4.69) is 222 Å². The molecule has 0 aliphatic heterocycles. The van der Waals surface area contributed by atoms with Crippen LogP contribution in [0.4, 0.5) is 17.1 Å². The number of aromatic nitrogens is 1. The predicted octanol–water partition coefficient (Wildman–Crippen LogP) is 15.2. The van der Waals surface area contributed by atoms with E-state index in [0.29, 0.717) is 0 Å². The van der Waals surface area contributed by atoms with E-state index in [0.717, 1.165) is 78.0 Å². The van der Waals surface area contributed by atoms with Crippen molar-refractivity contribution < 1.29 is 4.42 Å². The summed E-state index contributed by atoms with van der Waals surface area (Å²) in [7, 11) is 0. The molecule has 2 aromatic heterocycles. The second-order valence-corrected chi connectivity index (χ2v) is 14.4. The van der Waals surface area contributed by atoms with Gasteiger partial charge in [-0.05, 0) is 76.3 Å². The van der Waals surface area contributed by atoms with Crippen molar-refractivity contribution in [3.63, 3.8) is 0 Å². The van der Waals surface area contributed by atoms with Crippen LogP contribution in [0, 0.1) is 0 Å². The van der Waals surface area contributed by atoms with Gasteiger partial charge in [0.15, 0.2) is 0 Å². The number of para-hydroxylation sites is 5. The Hall–Kier alpha value is -7.62. The number of fused-ring (bicyclic) bond motifs is 6. The van der Waals surface area contributed by atoms with Crippen molar-refractivity contribution >= 4 is 60.8 Å². The summed E-state index contributed by atoms with van der Waals surface area (Å²) >= 11 is 0. The Morgan fingerprint density at radius 1 is 0.333 bits per heavy atom. The van der Waals surface area contributed by atoms with Crippen LogP contribution >= 0.6 is 0 Å². The SMILES string of the molecule is c1ccc(-c2ccccc2-c2c(-c3ccccc3)cccc2N(c2ccccc2-n2c3ccccc3c3ccccc32)c2cccc3oc4ccccc4c23)cc1. The number of furan rings is 1. The van der Waals surface area contributed by atoms with Gasteiger partial charge in [0.1, 0.15) is 11.2 Å². The molecular weight excluding hydrogens is 693 g/mol. The largest absolute Gasteiger partial charge is 0.456 e. The first kappa shape index (κ1) is 32.8. The van der Waals surface area contributed by atoms with Gasteiger partial charge < -0.3 is 13.9 Å². The smallest absolute Gasteiger partial charge is 0.137 e. The number of hydrogen-bond donors (Lipinski definition) is 0. The van der Waals surface area contributed by atoms with Crippen LogP contribution in [-0.4, -0.2) is 4.57 Å². The van der Waals surface area contributed by atoms with Crippen LogP contribution in [0.2, 0.25) is 0 Å². The third-order valence-corrected chi connectivity index (χ3v) is 11.2. The Bertz CT molecular complexity index is 3190. The van der Waals surface area contributed by atoms with Gasteiger partial charge >= 0.3 is 0 Å².